The van der Waals surface area contributed by atoms with Crippen molar-refractivity contribution < 1.29 is 4.74 Å². The maximum Gasteiger partial charge on any atom is 0.0575 e. The van der Waals surface area contributed by atoms with Crippen LogP contribution in [-0.2, 0) is 4.74 Å². The van der Waals surface area contributed by atoms with Gasteiger partial charge in [0.1, 0.15) is 0 Å². The largest absolute Gasteiger partial charge is 0.381 e. The van der Waals surface area contributed by atoms with Crippen LogP contribution in [0.2, 0.25) is 0 Å². The van der Waals surface area contributed by atoms with Crippen LogP contribution in [0.1, 0.15) is 58.3 Å². The monoisotopic (exact) mass is 225 g/mol. The number of nitrogens with one attached hydrogen (secondary N) is 1. The van der Waals surface area contributed by atoms with Gasteiger partial charge in [-0.15, -0.1) is 0 Å². The van der Waals surface area contributed by atoms with Gasteiger partial charge in [0.15, 0.2) is 0 Å². The summed E-state index contributed by atoms with van der Waals surface area (Å²) >= 11 is 0. The van der Waals surface area contributed by atoms with Crippen molar-refractivity contribution >= 4 is 0 Å². The molecule has 3 atom stereocenters. The van der Waals surface area contributed by atoms with Crippen molar-refractivity contribution in [1.82, 2.24) is 5.32 Å². The van der Waals surface area contributed by atoms with Crippen LogP contribution in [0, 0.1) is 5.92 Å². The minimum atomic E-state index is 0.513. The lowest BCUT2D eigenvalue weighted by molar-refractivity contribution is 0.0391. The van der Waals surface area contributed by atoms with Gasteiger partial charge in [-0.1, -0.05) is 26.2 Å². The first-order valence-electron chi connectivity index (χ1n) is 7.08. The topological polar surface area (TPSA) is 21.3 Å². The summed E-state index contributed by atoms with van der Waals surface area (Å²) in [6.45, 7) is 2.38. The summed E-state index contributed by atoms with van der Waals surface area (Å²) in [4.78, 5) is 0. The van der Waals surface area contributed by atoms with Crippen LogP contribution < -0.4 is 5.32 Å². The van der Waals surface area contributed by atoms with Crippen LogP contribution in [-0.4, -0.2) is 25.3 Å². The third-order valence-corrected chi connectivity index (χ3v) is 4.51. The molecule has 0 aliphatic heterocycles. The molecule has 2 aliphatic carbocycles. The second-order valence-corrected chi connectivity index (χ2v) is 5.76. The first-order valence-corrected chi connectivity index (χ1v) is 7.08. The normalized spacial score (nSPS) is 37.5. The number of rotatable bonds is 3. The Morgan fingerprint density at radius 3 is 2.38 bits per heavy atom. The Morgan fingerprint density at radius 2 is 1.75 bits per heavy atom. The van der Waals surface area contributed by atoms with E-state index in [1.807, 2.05) is 7.11 Å². The highest BCUT2D eigenvalue weighted by Crippen LogP contribution is 2.28. The van der Waals surface area contributed by atoms with Gasteiger partial charge in [-0.25, -0.2) is 0 Å². The molecule has 0 aromatic rings. The maximum atomic E-state index is 5.47. The van der Waals surface area contributed by atoms with Gasteiger partial charge in [0.2, 0.25) is 0 Å². The molecule has 2 saturated carbocycles. The minimum absolute atomic E-state index is 0.513. The summed E-state index contributed by atoms with van der Waals surface area (Å²) in [5.74, 6) is 0.778. The summed E-state index contributed by atoms with van der Waals surface area (Å²) < 4.78 is 5.47. The summed E-state index contributed by atoms with van der Waals surface area (Å²) in [5.41, 5.74) is 0. The fourth-order valence-corrected chi connectivity index (χ4v) is 3.38. The fraction of sp³-hybridized carbons (Fsp3) is 1.00. The number of methoxy groups -OCH3 is 1. The van der Waals surface area contributed by atoms with E-state index in [1.54, 1.807) is 0 Å². The van der Waals surface area contributed by atoms with E-state index in [0.717, 1.165) is 18.0 Å². The van der Waals surface area contributed by atoms with Crippen molar-refractivity contribution in [2.45, 2.75) is 76.5 Å². The summed E-state index contributed by atoms with van der Waals surface area (Å²) in [7, 11) is 1.85. The SMILES string of the molecule is COC1CCC(NC2CCCCC2)C(C)C1. The number of ether oxygens (including phenoxy) is 1. The van der Waals surface area contributed by atoms with Crippen molar-refractivity contribution in [3.8, 4) is 0 Å². The molecule has 0 amide bonds. The van der Waals surface area contributed by atoms with E-state index in [2.05, 4.69) is 12.2 Å². The first kappa shape index (κ1) is 12.4. The molecule has 0 radical (unpaired) electrons. The molecule has 0 saturated heterocycles. The van der Waals surface area contributed by atoms with Gasteiger partial charge in [0, 0.05) is 19.2 Å². The van der Waals surface area contributed by atoms with Gasteiger partial charge < -0.3 is 10.1 Å². The molecular formula is C14H27NO. The predicted molar refractivity (Wildman–Crippen MR) is 67.6 cm³/mol. The lowest BCUT2D eigenvalue weighted by Crippen LogP contribution is -2.46. The Balaban J connectivity index is 1.76. The van der Waals surface area contributed by atoms with Gasteiger partial charge in [-0.05, 0) is 38.0 Å². The number of hydrogen-bond acceptors (Lipinski definition) is 2. The van der Waals surface area contributed by atoms with E-state index < -0.39 is 0 Å². The molecule has 2 rings (SSSR count). The minimum Gasteiger partial charge on any atom is -0.381 e. The Morgan fingerprint density at radius 1 is 1.00 bits per heavy atom. The molecule has 16 heavy (non-hydrogen) atoms. The molecule has 0 bridgehead atoms. The van der Waals surface area contributed by atoms with E-state index in [-0.39, 0.29) is 0 Å². The van der Waals surface area contributed by atoms with Crippen molar-refractivity contribution in [2.24, 2.45) is 5.92 Å². The van der Waals surface area contributed by atoms with E-state index in [4.69, 9.17) is 4.74 Å². The zero-order valence-corrected chi connectivity index (χ0v) is 10.9. The van der Waals surface area contributed by atoms with Gasteiger partial charge in [0.05, 0.1) is 6.10 Å². The molecule has 3 unspecified atom stereocenters. The van der Waals surface area contributed by atoms with Gasteiger partial charge in [0.25, 0.3) is 0 Å². The molecule has 2 aliphatic rings. The van der Waals surface area contributed by atoms with Crippen molar-refractivity contribution in [1.29, 1.82) is 0 Å². The summed E-state index contributed by atoms with van der Waals surface area (Å²) in [6, 6.07) is 1.55. The zero-order chi connectivity index (χ0) is 11.4. The average molecular weight is 225 g/mol. The number of hydrogen-bond donors (Lipinski definition) is 1. The van der Waals surface area contributed by atoms with Gasteiger partial charge in [-0.3, -0.25) is 0 Å². The standard InChI is InChI=1S/C14H27NO/c1-11-10-13(16-2)8-9-14(11)15-12-6-4-3-5-7-12/h11-15H,3-10H2,1-2H3. The second kappa shape index (κ2) is 6.02. The maximum absolute atomic E-state index is 5.47. The Labute approximate surface area is 100 Å². The molecule has 2 fully saturated rings. The molecule has 94 valence electrons. The predicted octanol–water partition coefficient (Wildman–Crippen LogP) is 3.11. The quantitative estimate of drug-likeness (QED) is 0.797. The molecule has 0 heterocycles. The Hall–Kier alpha value is -0.0800. The van der Waals surface area contributed by atoms with E-state index in [9.17, 15) is 0 Å². The van der Waals surface area contributed by atoms with E-state index in [0.29, 0.717) is 6.10 Å². The smallest absolute Gasteiger partial charge is 0.0575 e. The van der Waals surface area contributed by atoms with Crippen molar-refractivity contribution in [3.63, 3.8) is 0 Å². The van der Waals surface area contributed by atoms with E-state index in [1.165, 1.54) is 51.4 Å². The van der Waals surface area contributed by atoms with Crippen LogP contribution in [0.15, 0.2) is 0 Å². The lowest BCUT2D eigenvalue weighted by atomic mass is 9.82. The molecule has 0 spiro atoms. The molecular weight excluding hydrogens is 198 g/mol. The molecule has 0 aromatic carbocycles. The van der Waals surface area contributed by atoms with Crippen molar-refractivity contribution in [3.05, 3.63) is 0 Å². The third kappa shape index (κ3) is 3.21. The molecule has 2 nitrogen and oxygen atoms in total. The second-order valence-electron chi connectivity index (χ2n) is 5.76. The van der Waals surface area contributed by atoms with Crippen LogP contribution in [0.3, 0.4) is 0 Å². The zero-order valence-electron chi connectivity index (χ0n) is 10.9. The lowest BCUT2D eigenvalue weighted by Gasteiger charge is -2.37. The van der Waals surface area contributed by atoms with Crippen LogP contribution >= 0.6 is 0 Å². The molecule has 1 N–H and O–H groups in total. The van der Waals surface area contributed by atoms with Crippen LogP contribution in [0.4, 0.5) is 0 Å². The summed E-state index contributed by atoms with van der Waals surface area (Å²) in [5, 5.41) is 3.90. The first-order chi connectivity index (χ1) is 7.79. The highest BCUT2D eigenvalue weighted by atomic mass is 16.5. The fourth-order valence-electron chi connectivity index (χ4n) is 3.38. The van der Waals surface area contributed by atoms with Gasteiger partial charge in [-0.2, -0.15) is 0 Å². The third-order valence-electron chi connectivity index (χ3n) is 4.51. The summed E-state index contributed by atoms with van der Waals surface area (Å²) in [6.07, 6.45) is 11.4. The Kier molecular flexibility index (Phi) is 4.66. The van der Waals surface area contributed by atoms with Crippen LogP contribution in [0.25, 0.3) is 0 Å². The average Bonchev–Trinajstić information content (AvgIpc) is 2.33. The van der Waals surface area contributed by atoms with Crippen molar-refractivity contribution in [2.75, 3.05) is 7.11 Å². The van der Waals surface area contributed by atoms with E-state index >= 15 is 0 Å². The Bertz CT molecular complexity index is 201. The van der Waals surface area contributed by atoms with Gasteiger partial charge >= 0.3 is 0 Å². The highest BCUT2D eigenvalue weighted by molar-refractivity contribution is 4.86. The highest BCUT2D eigenvalue weighted by Gasteiger charge is 2.29. The molecule has 0 aromatic heterocycles. The molecule has 2 heteroatoms. The van der Waals surface area contributed by atoms with Crippen LogP contribution in [0.5, 0.6) is 0 Å².